The fraction of sp³-hybridized carbons (Fsp3) is 0.429. The average Bonchev–Trinajstić information content (AvgIpc) is 2.49. The first-order valence-electron chi connectivity index (χ1n) is 7.11. The van der Waals surface area contributed by atoms with E-state index in [1.54, 1.807) is 5.43 Å². The van der Waals surface area contributed by atoms with Gasteiger partial charge in [0.2, 0.25) is 0 Å². The Bertz CT molecular complexity index is 729. The molecule has 1 aromatic carbocycles. The maximum atomic E-state index is 14.1. The van der Waals surface area contributed by atoms with Crippen LogP contribution in [0.3, 0.4) is 0 Å². The lowest BCUT2D eigenvalue weighted by atomic mass is 9.94. The highest BCUT2D eigenvalue weighted by atomic mass is 35.5. The van der Waals surface area contributed by atoms with Gasteiger partial charge in [-0.25, -0.2) is 9.18 Å². The number of anilines is 1. The van der Waals surface area contributed by atoms with Crippen LogP contribution < -0.4 is 10.9 Å². The second-order valence-corrected chi connectivity index (χ2v) is 6.32. The molecule has 0 atom stereocenters. The highest BCUT2D eigenvalue weighted by Gasteiger charge is 2.73. The summed E-state index contributed by atoms with van der Waals surface area (Å²) in [4.78, 5) is 22.8. The van der Waals surface area contributed by atoms with Crippen LogP contribution >= 0.6 is 23.2 Å². The van der Waals surface area contributed by atoms with Gasteiger partial charge >= 0.3 is 29.9 Å². The van der Waals surface area contributed by atoms with Crippen molar-refractivity contribution in [1.82, 2.24) is 5.43 Å². The lowest BCUT2D eigenvalue weighted by Crippen LogP contribution is -2.50. The second kappa shape index (κ2) is 8.19. The summed E-state index contributed by atoms with van der Waals surface area (Å²) >= 11 is 11.1. The third-order valence-electron chi connectivity index (χ3n) is 3.05. The van der Waals surface area contributed by atoms with Crippen LogP contribution in [0, 0.1) is 0 Å². The third-order valence-corrected chi connectivity index (χ3v) is 3.65. The van der Waals surface area contributed by atoms with Crippen molar-refractivity contribution in [2.45, 2.75) is 38.0 Å². The zero-order valence-electron chi connectivity index (χ0n) is 13.9. The van der Waals surface area contributed by atoms with Crippen molar-refractivity contribution in [3.8, 4) is 0 Å². The van der Waals surface area contributed by atoms with Crippen LogP contribution in [0.4, 0.5) is 36.4 Å². The van der Waals surface area contributed by atoms with Crippen molar-refractivity contribution < 1.29 is 45.1 Å². The third kappa shape index (κ3) is 4.90. The first-order valence-corrected chi connectivity index (χ1v) is 7.86. The van der Waals surface area contributed by atoms with E-state index in [4.69, 9.17) is 23.2 Å². The highest BCUT2D eigenvalue weighted by Crippen LogP contribution is 2.54. The molecule has 0 aliphatic heterocycles. The molecule has 0 fully saturated rings. The molecule has 0 bridgehead atoms. The van der Waals surface area contributed by atoms with Crippen LogP contribution in [-0.4, -0.2) is 30.3 Å². The molecule has 1 aromatic rings. The maximum absolute atomic E-state index is 14.1. The molecule has 0 radical (unpaired) electrons. The van der Waals surface area contributed by atoms with Crippen molar-refractivity contribution in [1.29, 1.82) is 0 Å². The molecular formula is C14H11Cl2F7N2O3. The fourth-order valence-electron chi connectivity index (χ4n) is 1.82. The Labute approximate surface area is 163 Å². The fourth-order valence-corrected chi connectivity index (χ4v) is 2.40. The van der Waals surface area contributed by atoms with Crippen molar-refractivity contribution in [3.05, 3.63) is 27.7 Å². The molecule has 5 nitrogen and oxygen atoms in total. The van der Waals surface area contributed by atoms with Gasteiger partial charge in [0.25, 0.3) is 0 Å². The SMILES string of the molecule is CC(C)OC(=O)C(=O)NNc1c(Cl)cc(C(F)(C(F)(F)F)C(F)(F)F)cc1Cl. The Morgan fingerprint density at radius 2 is 1.39 bits per heavy atom. The standard InChI is InChI=1S/C14H11Cl2F7N2O3/c1-5(2)28-11(27)10(26)25-24-9-7(15)3-6(4-8(9)16)12(17,13(18,19)20)14(21,22)23/h3-5,24H,1-2H3,(H,25,26). The molecular weight excluding hydrogens is 448 g/mol. The number of nitrogens with one attached hydrogen (secondary N) is 2. The molecule has 1 amide bonds. The molecule has 0 saturated heterocycles. The van der Waals surface area contributed by atoms with E-state index in [1.807, 2.05) is 5.43 Å². The highest BCUT2D eigenvalue weighted by molar-refractivity contribution is 6.39. The van der Waals surface area contributed by atoms with Crippen LogP contribution in [0.15, 0.2) is 12.1 Å². The zero-order chi connectivity index (χ0) is 22.1. The van der Waals surface area contributed by atoms with Crippen molar-refractivity contribution in [2.75, 3.05) is 5.43 Å². The average molecular weight is 459 g/mol. The number of hydrogen-bond acceptors (Lipinski definition) is 4. The molecule has 0 saturated carbocycles. The van der Waals surface area contributed by atoms with Crippen LogP contribution in [0.5, 0.6) is 0 Å². The summed E-state index contributed by atoms with van der Waals surface area (Å²) in [5.74, 6) is -2.71. The summed E-state index contributed by atoms with van der Waals surface area (Å²) in [6, 6.07) is 0.0741. The number of hydrogen-bond donors (Lipinski definition) is 2. The maximum Gasteiger partial charge on any atom is 0.435 e. The lowest BCUT2D eigenvalue weighted by Gasteiger charge is -2.30. The van der Waals surface area contributed by atoms with Gasteiger partial charge in [-0.15, -0.1) is 0 Å². The van der Waals surface area contributed by atoms with Gasteiger partial charge in [0.15, 0.2) is 0 Å². The Morgan fingerprint density at radius 1 is 0.964 bits per heavy atom. The van der Waals surface area contributed by atoms with Gasteiger partial charge in [0.05, 0.1) is 21.8 Å². The van der Waals surface area contributed by atoms with Gasteiger partial charge in [0, 0.05) is 5.56 Å². The first-order chi connectivity index (χ1) is 12.5. The zero-order valence-corrected chi connectivity index (χ0v) is 15.4. The Kier molecular flexibility index (Phi) is 7.05. The molecule has 0 aromatic heterocycles. The Hall–Kier alpha value is -1.95. The van der Waals surface area contributed by atoms with E-state index in [2.05, 4.69) is 4.74 Å². The topological polar surface area (TPSA) is 67.4 Å². The van der Waals surface area contributed by atoms with E-state index >= 15 is 0 Å². The number of alkyl halides is 7. The summed E-state index contributed by atoms with van der Waals surface area (Å²) in [5.41, 5.74) is -4.56. The van der Waals surface area contributed by atoms with Crippen LogP contribution in [0.2, 0.25) is 10.0 Å². The van der Waals surface area contributed by atoms with Gasteiger partial charge in [0.1, 0.15) is 0 Å². The molecule has 1 rings (SSSR count). The Morgan fingerprint density at radius 3 is 1.75 bits per heavy atom. The van der Waals surface area contributed by atoms with Gasteiger partial charge in [-0.2, -0.15) is 26.3 Å². The van der Waals surface area contributed by atoms with Gasteiger partial charge in [-0.3, -0.25) is 15.6 Å². The normalized spacial score (nSPS) is 12.7. The number of rotatable bonds is 4. The molecule has 14 heteroatoms. The smallest absolute Gasteiger partial charge is 0.435 e. The monoisotopic (exact) mass is 458 g/mol. The van der Waals surface area contributed by atoms with Gasteiger partial charge in [-0.05, 0) is 26.0 Å². The summed E-state index contributed by atoms with van der Waals surface area (Å²) in [7, 11) is 0. The summed E-state index contributed by atoms with van der Waals surface area (Å²) in [6.07, 6.45) is -13.4. The summed E-state index contributed by atoms with van der Waals surface area (Å²) in [5, 5.41) is -1.79. The van der Waals surface area contributed by atoms with E-state index in [0.717, 1.165) is 0 Å². The van der Waals surface area contributed by atoms with Gasteiger partial charge < -0.3 is 4.74 Å². The predicted octanol–water partition coefficient (Wildman–Crippen LogP) is 4.68. The van der Waals surface area contributed by atoms with E-state index < -0.39 is 57.3 Å². The minimum atomic E-state index is -6.36. The van der Waals surface area contributed by atoms with Gasteiger partial charge in [-0.1, -0.05) is 23.2 Å². The van der Waals surface area contributed by atoms with Crippen molar-refractivity contribution in [3.63, 3.8) is 0 Å². The minimum Gasteiger partial charge on any atom is -0.456 e. The molecule has 0 heterocycles. The van der Waals surface area contributed by atoms with Crippen molar-refractivity contribution >= 4 is 40.8 Å². The molecule has 28 heavy (non-hydrogen) atoms. The minimum absolute atomic E-state index is 0.0370. The second-order valence-electron chi connectivity index (χ2n) is 5.50. The number of benzene rings is 1. The molecule has 2 N–H and O–H groups in total. The molecule has 0 aliphatic rings. The lowest BCUT2D eigenvalue weighted by molar-refractivity contribution is -0.348. The van der Waals surface area contributed by atoms with Crippen molar-refractivity contribution in [2.24, 2.45) is 0 Å². The number of ether oxygens (including phenoxy) is 1. The summed E-state index contributed by atoms with van der Waals surface area (Å²) < 4.78 is 95.3. The van der Waals surface area contributed by atoms with E-state index in [1.165, 1.54) is 13.8 Å². The molecule has 0 aliphatic carbocycles. The largest absolute Gasteiger partial charge is 0.456 e. The van der Waals surface area contributed by atoms with E-state index in [0.29, 0.717) is 0 Å². The van der Waals surface area contributed by atoms with Crippen LogP contribution in [0.1, 0.15) is 19.4 Å². The number of hydrazine groups is 1. The number of esters is 1. The first kappa shape index (κ1) is 24.1. The number of halogens is 9. The quantitative estimate of drug-likeness (QED) is 0.297. The van der Waals surface area contributed by atoms with Crippen LogP contribution in [-0.2, 0) is 20.0 Å². The predicted molar refractivity (Wildman–Crippen MR) is 84.4 cm³/mol. The Balaban J connectivity index is 3.21. The number of carbonyl (C=O) groups is 2. The molecule has 0 unspecified atom stereocenters. The molecule has 0 spiro atoms. The van der Waals surface area contributed by atoms with E-state index in [9.17, 15) is 40.3 Å². The number of carbonyl (C=O) groups excluding carboxylic acids is 2. The van der Waals surface area contributed by atoms with E-state index in [-0.39, 0.29) is 12.1 Å². The molecule has 158 valence electrons. The summed E-state index contributed by atoms with van der Waals surface area (Å²) in [6.45, 7) is 2.88. The van der Waals surface area contributed by atoms with Crippen LogP contribution in [0.25, 0.3) is 0 Å². The number of amides is 1.